The molecule has 140 heavy (non-hydrogen) atoms. The summed E-state index contributed by atoms with van der Waals surface area (Å²) in [5, 5.41) is 17.4. The van der Waals surface area contributed by atoms with E-state index >= 15 is 0 Å². The van der Waals surface area contributed by atoms with Crippen LogP contribution in [0.15, 0.2) is 30.3 Å². The van der Waals surface area contributed by atoms with Gasteiger partial charge in [0.2, 0.25) is 70.9 Å². The first-order valence-corrected chi connectivity index (χ1v) is 59.7. The normalized spacial score (nSPS) is 28.7. The first-order chi connectivity index (χ1) is 67.8. The molecule has 6 aliphatic heterocycles. The lowest BCUT2D eigenvalue weighted by molar-refractivity contribution is -0.150. The summed E-state index contributed by atoms with van der Waals surface area (Å²) in [6.07, 6.45) is 63.8. The van der Waals surface area contributed by atoms with Gasteiger partial charge in [0.05, 0.1) is 0 Å². The lowest BCUT2D eigenvalue weighted by atomic mass is 9.83. The molecule has 1 aromatic carbocycles. The van der Waals surface area contributed by atoms with Crippen LogP contribution in [0.5, 0.6) is 0 Å². The van der Waals surface area contributed by atoms with Gasteiger partial charge in [0.1, 0.15) is 72.5 Å². The van der Waals surface area contributed by atoms with Crippen molar-refractivity contribution in [3.63, 3.8) is 0 Å². The molecule has 0 spiro atoms. The van der Waals surface area contributed by atoms with Crippen molar-refractivity contribution in [2.45, 2.75) is 454 Å². The molecule has 0 aromatic heterocycles. The molecule has 9 aliphatic carbocycles. The van der Waals surface area contributed by atoms with Crippen LogP contribution in [0, 0.1) is 65.1 Å². The summed E-state index contributed by atoms with van der Waals surface area (Å²) >= 11 is 21.3. The van der Waals surface area contributed by atoms with E-state index in [0.29, 0.717) is 113 Å². The van der Waals surface area contributed by atoms with Crippen LogP contribution in [0.2, 0.25) is 0 Å². The van der Waals surface area contributed by atoms with Crippen molar-refractivity contribution in [2.24, 2.45) is 65.1 Å². The van der Waals surface area contributed by atoms with Crippen LogP contribution in [-0.2, 0) is 64.0 Å². The van der Waals surface area contributed by atoms with E-state index in [0.717, 1.165) is 83.2 Å². The minimum Gasteiger partial charge on any atom is -0.342 e. The van der Waals surface area contributed by atoms with Gasteiger partial charge in [-0.15, -0.1) is 0 Å². The predicted molar refractivity (Wildman–Crippen MR) is 575 cm³/mol. The van der Waals surface area contributed by atoms with Crippen LogP contribution < -0.4 is 31.9 Å². The topological polar surface area (TPSA) is 296 Å². The largest absolute Gasteiger partial charge is 0.342 e. The Morgan fingerprint density at radius 2 is 0.479 bits per heavy atom. The van der Waals surface area contributed by atoms with E-state index in [9.17, 15) is 57.5 Å². The van der Waals surface area contributed by atoms with Crippen molar-refractivity contribution < 1.29 is 57.5 Å². The number of benzene rings is 1. The van der Waals surface area contributed by atoms with Crippen LogP contribution in [0.3, 0.4) is 0 Å². The minimum absolute atomic E-state index is 0.0120. The third-order valence-electron chi connectivity index (χ3n) is 33.8. The number of nitrogens with one attached hydrogen (secondary N) is 6. The first-order valence-electron chi connectivity index (χ1n) is 56.5. The molecule has 16 rings (SSSR count). The van der Waals surface area contributed by atoms with E-state index in [1.54, 1.807) is 4.90 Å². The molecule has 12 atom stereocenters. The number of thiol groups is 5. The molecule has 24 nitrogen and oxygen atoms in total. The highest BCUT2D eigenvalue weighted by molar-refractivity contribution is 7.81. The standard InChI is InChI=1S/4C19H32N2O2S.C19H28N2O2.C16H28N2O2S/c4*22-18-17(11-14-7-3-1-4-8-14)21(19(23)16(13-24)20-18)12-15-9-5-2-6-10-15;1-13(2)10-17-18(22)20-16(11-15-8-6-5-7-9-15)19(23)21(17)12-14(3)4;1-2-3-9-14-15(19)17-13(11-21)16(20)18(14)10-12-7-5-4-6-8-12/h4*14-17,24H,1-13H2,(H,20,22);5-9,13-14,16-17H,10-12H2,1-4H3,(H,20,22);12-14,21H,2-11H2,1H3,(H,17,19)/t2*16-,17+;3*16-,17-;13-,14-/m101000/s1. The zero-order valence-corrected chi connectivity index (χ0v) is 90.9. The lowest BCUT2D eigenvalue weighted by Gasteiger charge is -2.42. The smallest absolute Gasteiger partial charge is 0.246 e. The van der Waals surface area contributed by atoms with Crippen LogP contribution in [0.1, 0.15) is 380 Å². The number of amides is 12. The Labute approximate surface area is 869 Å². The van der Waals surface area contributed by atoms with Gasteiger partial charge in [0, 0.05) is 74.5 Å². The molecule has 6 saturated heterocycles. The van der Waals surface area contributed by atoms with E-state index < -0.39 is 36.3 Å². The van der Waals surface area contributed by atoms with Crippen molar-refractivity contribution >= 4 is 134 Å². The van der Waals surface area contributed by atoms with E-state index in [1.165, 1.54) is 289 Å². The molecule has 1 aromatic rings. The highest BCUT2D eigenvalue weighted by Gasteiger charge is 2.49. The van der Waals surface area contributed by atoms with Gasteiger partial charge in [-0.25, -0.2) is 0 Å². The molecule has 0 bridgehead atoms. The molecular weight excluding hydrogens is 1850 g/mol. The Hall–Kier alpha value is -5.39. The zero-order chi connectivity index (χ0) is 100.0. The van der Waals surface area contributed by atoms with Crippen molar-refractivity contribution in [1.29, 1.82) is 0 Å². The Kier molecular flexibility index (Phi) is 49.9. The Bertz CT molecular complexity index is 3640. The van der Waals surface area contributed by atoms with Crippen molar-refractivity contribution in [3.05, 3.63) is 35.9 Å². The highest BCUT2D eigenvalue weighted by Crippen LogP contribution is 2.40. The van der Waals surface area contributed by atoms with E-state index in [2.05, 4.69) is 130 Å². The van der Waals surface area contributed by atoms with E-state index in [1.807, 2.05) is 54.8 Å². The number of piperazine rings is 6. The quantitative estimate of drug-likeness (QED) is 0.0300. The van der Waals surface area contributed by atoms with Gasteiger partial charge in [-0.05, 0) is 173 Å². The summed E-state index contributed by atoms with van der Waals surface area (Å²) in [6.45, 7) is 14.9. The second-order valence-corrected chi connectivity index (χ2v) is 47.5. The Morgan fingerprint density at radius 3 is 0.707 bits per heavy atom. The van der Waals surface area contributed by atoms with E-state index in [-0.39, 0.29) is 107 Å². The van der Waals surface area contributed by atoms with Gasteiger partial charge < -0.3 is 61.3 Å². The molecule has 15 aliphatic rings. The molecule has 15 fully saturated rings. The van der Waals surface area contributed by atoms with Gasteiger partial charge >= 0.3 is 0 Å². The fraction of sp³-hybridized carbons (Fsp3) is 0.838. The fourth-order valence-electron chi connectivity index (χ4n) is 25.7. The van der Waals surface area contributed by atoms with Crippen LogP contribution in [-0.4, -0.2) is 241 Å². The molecule has 0 radical (unpaired) electrons. The molecule has 0 unspecified atom stereocenters. The number of carbonyl (C=O) groups is 12. The molecule has 29 heteroatoms. The second kappa shape index (κ2) is 60.8. The molecule has 790 valence electrons. The van der Waals surface area contributed by atoms with Crippen molar-refractivity contribution in [2.75, 3.05) is 68.0 Å². The minimum atomic E-state index is -0.452. The number of unbranched alkanes of at least 4 members (excludes halogenated alkanes) is 1. The van der Waals surface area contributed by atoms with E-state index in [4.69, 9.17) is 0 Å². The zero-order valence-electron chi connectivity index (χ0n) is 86.4. The van der Waals surface area contributed by atoms with Gasteiger partial charge in [-0.1, -0.05) is 303 Å². The summed E-state index contributed by atoms with van der Waals surface area (Å²) in [6, 6.07) is 5.60. The SMILES string of the molecule is CC(C)C[C@H]1C(=O)N[C@@H](Cc2ccccc2)C(=O)N1CC(C)C.CCCC[C@H]1C(=O)N[C@@H](CS)C(=O)N1CC1CCCCC1.O=C1N[C@@H](CS)C(=O)N(CC2CCCCC2)[C@@H]1CC1CCCCC1.O=C1N[C@@H](CS)C(=O)N(CC2CCCCC2)[C@H]1CC1CCCCC1.O=C1N[C@H](CS)C(=O)N(CC2CCCCC2)[C@@H]1CC1CCCCC1.O=C1N[C@H](CS)C(=O)N(CC2CCCCC2)[C@H]1CC1CCCCC1. The third kappa shape index (κ3) is 34.9. The number of hydrogen-bond acceptors (Lipinski definition) is 17. The highest BCUT2D eigenvalue weighted by atomic mass is 32.1. The molecule has 6 heterocycles. The third-order valence-corrected chi connectivity index (χ3v) is 35.6. The van der Waals surface area contributed by atoms with Gasteiger partial charge in [-0.2, -0.15) is 63.1 Å². The summed E-state index contributed by atoms with van der Waals surface area (Å²) in [5.74, 6) is 8.61. The number of nitrogens with zero attached hydrogens (tertiary/aromatic N) is 6. The number of rotatable bonds is 32. The van der Waals surface area contributed by atoms with Crippen LogP contribution in [0.4, 0.5) is 0 Å². The average Bonchev–Trinajstić information content (AvgIpc) is 0.834. The monoisotopic (exact) mass is 2040 g/mol. The summed E-state index contributed by atoms with van der Waals surface area (Å²) in [4.78, 5) is 164. The first kappa shape index (κ1) is 115. The summed E-state index contributed by atoms with van der Waals surface area (Å²) < 4.78 is 0. The maximum atomic E-state index is 12.9. The average molecular weight is 2040 g/mol. The molecular formula is C111H184N12O12S5. The molecule has 12 amide bonds. The van der Waals surface area contributed by atoms with Crippen molar-refractivity contribution in [1.82, 2.24) is 61.3 Å². The van der Waals surface area contributed by atoms with Gasteiger partial charge in [0.15, 0.2) is 0 Å². The Morgan fingerprint density at radius 1 is 0.264 bits per heavy atom. The number of hydrogen-bond donors (Lipinski definition) is 11. The Balaban J connectivity index is 0.000000161. The summed E-state index contributed by atoms with van der Waals surface area (Å²) in [5.41, 5.74) is 1.07. The summed E-state index contributed by atoms with van der Waals surface area (Å²) in [7, 11) is 0. The second-order valence-electron chi connectivity index (χ2n) is 45.7. The fourth-order valence-corrected chi connectivity index (χ4v) is 27.0. The predicted octanol–water partition coefficient (Wildman–Crippen LogP) is 17.7. The lowest BCUT2D eigenvalue weighted by Crippen LogP contribution is -2.65. The van der Waals surface area contributed by atoms with Crippen LogP contribution >= 0.6 is 63.1 Å². The maximum Gasteiger partial charge on any atom is 0.246 e. The molecule has 6 N–H and O–H groups in total. The van der Waals surface area contributed by atoms with Gasteiger partial charge in [0.25, 0.3) is 0 Å². The van der Waals surface area contributed by atoms with Crippen LogP contribution in [0.25, 0.3) is 0 Å². The van der Waals surface area contributed by atoms with Gasteiger partial charge in [-0.3, -0.25) is 57.5 Å². The number of carbonyl (C=O) groups excluding carboxylic acids is 12. The van der Waals surface area contributed by atoms with Crippen molar-refractivity contribution in [3.8, 4) is 0 Å². The maximum absolute atomic E-state index is 12.9. The molecule has 9 saturated carbocycles.